The molecule has 1 aromatic rings. The minimum atomic E-state index is 0.334. The molecule has 0 bridgehead atoms. The Hall–Kier alpha value is -1.36. The van der Waals surface area contributed by atoms with Gasteiger partial charge < -0.3 is 15.4 Å². The molecule has 1 saturated heterocycles. The first kappa shape index (κ1) is 12.7. The number of aromatic nitrogens is 2. The molecule has 1 aliphatic carbocycles. The van der Waals surface area contributed by atoms with Gasteiger partial charge in [0.1, 0.15) is 5.82 Å². The highest BCUT2D eigenvalue weighted by Gasteiger charge is 2.17. The predicted octanol–water partition coefficient (Wildman–Crippen LogP) is 2.42. The Morgan fingerprint density at radius 2 is 2.11 bits per heavy atom. The number of ether oxygens (including phenoxy) is 1. The summed E-state index contributed by atoms with van der Waals surface area (Å²) >= 11 is 0. The summed E-state index contributed by atoms with van der Waals surface area (Å²) in [5.74, 6) is 1.62. The average molecular weight is 262 g/mol. The van der Waals surface area contributed by atoms with Crippen molar-refractivity contribution in [2.75, 3.05) is 23.8 Å². The Labute approximate surface area is 114 Å². The second-order valence-corrected chi connectivity index (χ2v) is 5.41. The van der Waals surface area contributed by atoms with Gasteiger partial charge in [-0.1, -0.05) is 12.8 Å². The van der Waals surface area contributed by atoms with Gasteiger partial charge in [0, 0.05) is 25.4 Å². The van der Waals surface area contributed by atoms with Crippen molar-refractivity contribution < 1.29 is 4.74 Å². The summed E-state index contributed by atoms with van der Waals surface area (Å²) in [5.41, 5.74) is 0. The van der Waals surface area contributed by atoms with Crippen LogP contribution in [0.1, 0.15) is 38.5 Å². The molecule has 1 aromatic heterocycles. The summed E-state index contributed by atoms with van der Waals surface area (Å²) in [4.78, 5) is 8.80. The van der Waals surface area contributed by atoms with E-state index < -0.39 is 0 Å². The zero-order chi connectivity index (χ0) is 12.9. The Morgan fingerprint density at radius 3 is 2.89 bits per heavy atom. The van der Waals surface area contributed by atoms with Crippen LogP contribution in [-0.4, -0.2) is 35.3 Å². The lowest BCUT2D eigenvalue weighted by Gasteiger charge is -2.14. The number of hydrogen-bond acceptors (Lipinski definition) is 5. The molecule has 1 atom stereocenters. The quantitative estimate of drug-likeness (QED) is 0.853. The first-order valence-electron chi connectivity index (χ1n) is 7.35. The molecule has 19 heavy (non-hydrogen) atoms. The maximum atomic E-state index is 5.59. The fraction of sp³-hybridized carbons (Fsp3) is 0.714. The van der Waals surface area contributed by atoms with Crippen molar-refractivity contribution in [2.45, 2.75) is 50.7 Å². The molecule has 2 aliphatic rings. The van der Waals surface area contributed by atoms with Gasteiger partial charge >= 0.3 is 0 Å². The number of anilines is 2. The van der Waals surface area contributed by atoms with Crippen LogP contribution in [0.2, 0.25) is 0 Å². The fourth-order valence-corrected chi connectivity index (χ4v) is 2.80. The summed E-state index contributed by atoms with van der Waals surface area (Å²) in [5, 5.41) is 6.75. The lowest BCUT2D eigenvalue weighted by atomic mass is 10.2. The molecule has 104 valence electrons. The number of nitrogens with one attached hydrogen (secondary N) is 2. The van der Waals surface area contributed by atoms with Gasteiger partial charge in [0.2, 0.25) is 5.95 Å². The summed E-state index contributed by atoms with van der Waals surface area (Å²) in [7, 11) is 0. The molecular formula is C14H22N4O. The lowest BCUT2D eigenvalue weighted by Crippen LogP contribution is -2.20. The van der Waals surface area contributed by atoms with Crippen LogP contribution >= 0.6 is 0 Å². The van der Waals surface area contributed by atoms with Crippen molar-refractivity contribution in [3.05, 3.63) is 12.3 Å². The van der Waals surface area contributed by atoms with E-state index in [1.165, 1.54) is 32.1 Å². The van der Waals surface area contributed by atoms with Gasteiger partial charge in [-0.3, -0.25) is 0 Å². The highest BCUT2D eigenvalue weighted by atomic mass is 16.5. The van der Waals surface area contributed by atoms with Gasteiger partial charge in [0.25, 0.3) is 0 Å². The summed E-state index contributed by atoms with van der Waals surface area (Å²) in [6, 6.07) is 2.46. The third kappa shape index (κ3) is 3.56. The topological polar surface area (TPSA) is 59.1 Å². The Morgan fingerprint density at radius 1 is 1.21 bits per heavy atom. The monoisotopic (exact) mass is 262 g/mol. The van der Waals surface area contributed by atoms with Crippen LogP contribution in [0.25, 0.3) is 0 Å². The van der Waals surface area contributed by atoms with Gasteiger partial charge in [-0.15, -0.1) is 0 Å². The van der Waals surface area contributed by atoms with Crippen LogP contribution in [0.3, 0.4) is 0 Å². The second-order valence-electron chi connectivity index (χ2n) is 5.41. The van der Waals surface area contributed by atoms with Crippen molar-refractivity contribution in [3.63, 3.8) is 0 Å². The van der Waals surface area contributed by atoms with E-state index in [0.29, 0.717) is 12.1 Å². The largest absolute Gasteiger partial charge is 0.376 e. The fourth-order valence-electron chi connectivity index (χ4n) is 2.80. The van der Waals surface area contributed by atoms with Gasteiger partial charge in [0.15, 0.2) is 0 Å². The second kappa shape index (κ2) is 6.19. The first-order chi connectivity index (χ1) is 9.40. The molecule has 0 amide bonds. The summed E-state index contributed by atoms with van der Waals surface area (Å²) in [6.45, 7) is 1.73. The third-order valence-corrected chi connectivity index (χ3v) is 3.88. The summed E-state index contributed by atoms with van der Waals surface area (Å²) in [6.07, 6.45) is 9.55. The minimum Gasteiger partial charge on any atom is -0.376 e. The zero-order valence-corrected chi connectivity index (χ0v) is 11.3. The first-order valence-corrected chi connectivity index (χ1v) is 7.35. The molecule has 5 heteroatoms. The summed E-state index contributed by atoms with van der Waals surface area (Å²) < 4.78 is 5.59. The lowest BCUT2D eigenvalue weighted by molar-refractivity contribution is 0.120. The average Bonchev–Trinajstić information content (AvgIpc) is 3.10. The van der Waals surface area contributed by atoms with E-state index >= 15 is 0 Å². The normalized spacial score (nSPS) is 23.7. The van der Waals surface area contributed by atoms with Gasteiger partial charge in [-0.05, 0) is 31.7 Å². The van der Waals surface area contributed by atoms with Crippen LogP contribution in [0.5, 0.6) is 0 Å². The van der Waals surface area contributed by atoms with E-state index in [9.17, 15) is 0 Å². The van der Waals surface area contributed by atoms with E-state index in [0.717, 1.165) is 31.3 Å². The van der Waals surface area contributed by atoms with Crippen molar-refractivity contribution in [3.8, 4) is 0 Å². The van der Waals surface area contributed by atoms with E-state index in [-0.39, 0.29) is 0 Å². The van der Waals surface area contributed by atoms with Crippen LogP contribution in [-0.2, 0) is 4.74 Å². The van der Waals surface area contributed by atoms with Gasteiger partial charge in [-0.25, -0.2) is 4.98 Å². The molecule has 1 saturated carbocycles. The highest BCUT2D eigenvalue weighted by molar-refractivity contribution is 5.40. The predicted molar refractivity (Wildman–Crippen MR) is 75.4 cm³/mol. The molecule has 2 N–H and O–H groups in total. The molecule has 5 nitrogen and oxygen atoms in total. The molecule has 2 fully saturated rings. The van der Waals surface area contributed by atoms with Crippen molar-refractivity contribution >= 4 is 11.8 Å². The molecule has 1 unspecified atom stereocenters. The minimum absolute atomic E-state index is 0.334. The Balaban J connectivity index is 1.52. The maximum absolute atomic E-state index is 5.59. The van der Waals surface area contributed by atoms with Crippen LogP contribution in [0, 0.1) is 0 Å². The molecule has 0 aromatic carbocycles. The maximum Gasteiger partial charge on any atom is 0.224 e. The molecule has 0 spiro atoms. The zero-order valence-electron chi connectivity index (χ0n) is 11.3. The molecule has 3 rings (SSSR count). The molecule has 0 radical (unpaired) electrons. The van der Waals surface area contributed by atoms with E-state index in [1.54, 1.807) is 0 Å². The van der Waals surface area contributed by atoms with Crippen LogP contribution < -0.4 is 10.6 Å². The van der Waals surface area contributed by atoms with Crippen molar-refractivity contribution in [1.29, 1.82) is 0 Å². The Kier molecular flexibility index (Phi) is 4.13. The van der Waals surface area contributed by atoms with Gasteiger partial charge in [-0.2, -0.15) is 4.98 Å². The molecule has 2 heterocycles. The number of hydrogen-bond donors (Lipinski definition) is 2. The van der Waals surface area contributed by atoms with Crippen LogP contribution in [0.4, 0.5) is 11.8 Å². The SMILES string of the molecule is c1cc(NCC2CCCO2)nc(NC2CCCC2)n1. The molecule has 1 aliphatic heterocycles. The molecular weight excluding hydrogens is 240 g/mol. The van der Waals surface area contributed by atoms with E-state index in [2.05, 4.69) is 20.6 Å². The number of nitrogens with zero attached hydrogens (tertiary/aromatic N) is 2. The van der Waals surface area contributed by atoms with E-state index in [4.69, 9.17) is 4.74 Å². The Bertz CT molecular complexity index is 400. The van der Waals surface area contributed by atoms with Gasteiger partial charge in [0.05, 0.1) is 6.10 Å². The van der Waals surface area contributed by atoms with E-state index in [1.807, 2.05) is 12.3 Å². The highest BCUT2D eigenvalue weighted by Crippen LogP contribution is 2.21. The van der Waals surface area contributed by atoms with Crippen LogP contribution in [0.15, 0.2) is 12.3 Å². The van der Waals surface area contributed by atoms with Crippen molar-refractivity contribution in [1.82, 2.24) is 9.97 Å². The standard InChI is InChI=1S/C14H22N4O/c1-2-5-11(4-1)17-14-15-8-7-13(18-14)16-10-12-6-3-9-19-12/h7-8,11-12H,1-6,9-10H2,(H2,15,16,17,18). The van der Waals surface area contributed by atoms with Crippen molar-refractivity contribution in [2.24, 2.45) is 0 Å². The smallest absolute Gasteiger partial charge is 0.224 e. The number of rotatable bonds is 5. The third-order valence-electron chi connectivity index (χ3n) is 3.88.